The number of anilines is 1. The van der Waals surface area contributed by atoms with Gasteiger partial charge in [0.1, 0.15) is 23.4 Å². The van der Waals surface area contributed by atoms with Crippen LogP contribution in [0.4, 0.5) is 5.82 Å². The van der Waals surface area contributed by atoms with Gasteiger partial charge >= 0.3 is 0 Å². The number of carbonyl (C=O) groups excluding carboxylic acids is 1. The van der Waals surface area contributed by atoms with E-state index in [1.54, 1.807) is 61.7 Å². The van der Waals surface area contributed by atoms with Crippen LogP contribution < -0.4 is 14.8 Å². The molecule has 0 spiro atoms. The Morgan fingerprint density at radius 3 is 2.60 bits per heavy atom. The lowest BCUT2D eigenvalue weighted by molar-refractivity contribution is -0.160. The molecule has 0 bridgehead atoms. The standard InChI is InChI=1S/C20H21N3O6S/c1-13(12-24)27-16-9-14(20(25)22-19-7-8-21-23-19)10-17(11-16)28-15-3-5-18(6-4-15)30-29-26-2/h3-11,13,24H,12H2,1-2H3,(H2,21,22,23,25)/t13-/m0/s1. The third-order valence-electron chi connectivity index (χ3n) is 3.74. The van der Waals surface area contributed by atoms with Gasteiger partial charge in [0.05, 0.1) is 25.8 Å². The smallest absolute Gasteiger partial charge is 0.257 e. The molecule has 0 saturated carbocycles. The van der Waals surface area contributed by atoms with Gasteiger partial charge in [-0.25, -0.2) is 4.89 Å². The summed E-state index contributed by atoms with van der Waals surface area (Å²) in [4.78, 5) is 18.0. The Morgan fingerprint density at radius 1 is 1.17 bits per heavy atom. The number of aliphatic hydroxyl groups is 1. The van der Waals surface area contributed by atoms with E-state index in [0.717, 1.165) is 16.9 Å². The number of aromatic nitrogens is 2. The number of aliphatic hydroxyl groups excluding tert-OH is 1. The number of aromatic amines is 1. The zero-order valence-corrected chi connectivity index (χ0v) is 17.1. The molecule has 1 heterocycles. The Bertz CT molecular complexity index is 950. The molecule has 2 aromatic carbocycles. The maximum atomic E-state index is 12.6. The van der Waals surface area contributed by atoms with Gasteiger partial charge in [-0.2, -0.15) is 9.43 Å². The van der Waals surface area contributed by atoms with Crippen LogP contribution in [0.5, 0.6) is 17.2 Å². The predicted molar refractivity (Wildman–Crippen MR) is 111 cm³/mol. The van der Waals surface area contributed by atoms with Crippen molar-refractivity contribution in [1.82, 2.24) is 10.2 Å². The molecule has 0 aliphatic rings. The fourth-order valence-corrected chi connectivity index (χ4v) is 2.78. The van der Waals surface area contributed by atoms with Gasteiger partial charge in [0.15, 0.2) is 5.82 Å². The summed E-state index contributed by atoms with van der Waals surface area (Å²) >= 11 is 1.07. The maximum absolute atomic E-state index is 12.6. The molecule has 0 aliphatic carbocycles. The molecule has 158 valence electrons. The van der Waals surface area contributed by atoms with Gasteiger partial charge in [0.25, 0.3) is 5.91 Å². The third-order valence-corrected chi connectivity index (χ3v) is 4.41. The van der Waals surface area contributed by atoms with E-state index in [2.05, 4.69) is 20.4 Å². The van der Waals surface area contributed by atoms with Crippen molar-refractivity contribution in [1.29, 1.82) is 0 Å². The largest absolute Gasteiger partial charge is 0.488 e. The Morgan fingerprint density at radius 2 is 1.93 bits per heavy atom. The minimum atomic E-state index is -0.445. The molecule has 30 heavy (non-hydrogen) atoms. The monoisotopic (exact) mass is 431 g/mol. The highest BCUT2D eigenvalue weighted by molar-refractivity contribution is 7.94. The minimum absolute atomic E-state index is 0.164. The second-order valence-electron chi connectivity index (χ2n) is 6.11. The molecular weight excluding hydrogens is 410 g/mol. The van der Waals surface area contributed by atoms with Gasteiger partial charge in [0, 0.05) is 28.8 Å². The van der Waals surface area contributed by atoms with Crippen LogP contribution in [-0.4, -0.2) is 41.0 Å². The molecule has 0 fully saturated rings. The van der Waals surface area contributed by atoms with Crippen molar-refractivity contribution in [3.05, 3.63) is 60.3 Å². The predicted octanol–water partition coefficient (Wildman–Crippen LogP) is 3.80. The van der Waals surface area contributed by atoms with Crippen molar-refractivity contribution < 1.29 is 28.6 Å². The molecule has 3 N–H and O–H groups in total. The van der Waals surface area contributed by atoms with Crippen LogP contribution in [-0.2, 0) is 9.22 Å². The van der Waals surface area contributed by atoms with Crippen molar-refractivity contribution in [3.8, 4) is 17.2 Å². The molecule has 0 unspecified atom stereocenters. The molecule has 3 rings (SSSR count). The Balaban J connectivity index is 1.81. The highest BCUT2D eigenvalue weighted by atomic mass is 32.2. The highest BCUT2D eigenvalue weighted by Gasteiger charge is 2.14. The van der Waals surface area contributed by atoms with E-state index in [1.807, 2.05) is 0 Å². The van der Waals surface area contributed by atoms with E-state index in [0.29, 0.717) is 28.6 Å². The van der Waals surface area contributed by atoms with E-state index in [4.69, 9.17) is 13.8 Å². The summed E-state index contributed by atoms with van der Waals surface area (Å²) in [5, 5.41) is 18.5. The van der Waals surface area contributed by atoms with Crippen molar-refractivity contribution in [2.24, 2.45) is 0 Å². The van der Waals surface area contributed by atoms with E-state index in [-0.39, 0.29) is 12.5 Å². The van der Waals surface area contributed by atoms with E-state index in [1.165, 1.54) is 7.11 Å². The number of benzene rings is 2. The summed E-state index contributed by atoms with van der Waals surface area (Å²) in [6.45, 7) is 1.55. The zero-order valence-electron chi connectivity index (χ0n) is 16.3. The second kappa shape index (κ2) is 10.6. The summed E-state index contributed by atoms with van der Waals surface area (Å²) in [6.07, 6.45) is 1.16. The number of rotatable bonds is 10. The lowest BCUT2D eigenvalue weighted by Crippen LogP contribution is -2.17. The Hall–Kier alpha value is -3.05. The molecule has 0 radical (unpaired) electrons. The van der Waals surface area contributed by atoms with E-state index in [9.17, 15) is 9.90 Å². The van der Waals surface area contributed by atoms with Crippen molar-refractivity contribution in [3.63, 3.8) is 0 Å². The van der Waals surface area contributed by atoms with Crippen LogP contribution in [0.1, 0.15) is 17.3 Å². The molecule has 0 saturated heterocycles. The number of hydrogen-bond acceptors (Lipinski definition) is 8. The number of nitrogens with one attached hydrogen (secondary N) is 2. The molecule has 1 aromatic heterocycles. The fraction of sp³-hybridized carbons (Fsp3) is 0.200. The van der Waals surface area contributed by atoms with Crippen LogP contribution in [0.3, 0.4) is 0 Å². The quantitative estimate of drug-likeness (QED) is 0.252. The number of nitrogens with zero attached hydrogens (tertiary/aromatic N) is 1. The summed E-state index contributed by atoms with van der Waals surface area (Å²) < 4.78 is 16.4. The first kappa shape index (κ1) is 21.7. The van der Waals surface area contributed by atoms with Gasteiger partial charge in [0.2, 0.25) is 0 Å². The van der Waals surface area contributed by atoms with Crippen molar-refractivity contribution >= 4 is 23.8 Å². The lowest BCUT2D eigenvalue weighted by Gasteiger charge is -2.15. The Kier molecular flexibility index (Phi) is 7.69. The van der Waals surface area contributed by atoms with Gasteiger partial charge in [-0.1, -0.05) is 0 Å². The lowest BCUT2D eigenvalue weighted by atomic mass is 10.2. The number of hydrogen-bond donors (Lipinski definition) is 3. The van der Waals surface area contributed by atoms with Crippen LogP contribution >= 0.6 is 12.0 Å². The highest BCUT2D eigenvalue weighted by Crippen LogP contribution is 2.30. The van der Waals surface area contributed by atoms with Crippen molar-refractivity contribution in [2.45, 2.75) is 17.9 Å². The summed E-state index contributed by atoms with van der Waals surface area (Å²) in [5.41, 5.74) is 0.316. The van der Waals surface area contributed by atoms with Crippen LogP contribution in [0.25, 0.3) is 0 Å². The average molecular weight is 431 g/mol. The Labute approximate surface area is 177 Å². The summed E-state index contributed by atoms with van der Waals surface area (Å²) in [6, 6.07) is 13.6. The molecule has 3 aromatic rings. The maximum Gasteiger partial charge on any atom is 0.257 e. The number of amides is 1. The fourth-order valence-electron chi connectivity index (χ4n) is 2.39. The summed E-state index contributed by atoms with van der Waals surface area (Å²) in [7, 11) is 1.43. The first-order chi connectivity index (χ1) is 14.6. The molecule has 1 atom stereocenters. The van der Waals surface area contributed by atoms with Crippen LogP contribution in [0.15, 0.2) is 59.6 Å². The van der Waals surface area contributed by atoms with Gasteiger partial charge in [-0.15, -0.1) is 0 Å². The SMILES string of the molecule is COOSc1ccc(Oc2cc(O[C@@H](C)CO)cc(C(=O)Nc3cc[nH]n3)c2)cc1. The van der Waals surface area contributed by atoms with Gasteiger partial charge in [-0.3, -0.25) is 9.89 Å². The second-order valence-corrected chi connectivity index (χ2v) is 6.88. The first-order valence-electron chi connectivity index (χ1n) is 8.96. The summed E-state index contributed by atoms with van der Waals surface area (Å²) in [5.74, 6) is 1.37. The third kappa shape index (κ3) is 6.22. The van der Waals surface area contributed by atoms with Gasteiger partial charge in [-0.05, 0) is 43.3 Å². The van der Waals surface area contributed by atoms with E-state index < -0.39 is 6.10 Å². The normalized spacial score (nSPS) is 11.7. The van der Waals surface area contributed by atoms with E-state index >= 15 is 0 Å². The molecular formula is C20H21N3O6S. The zero-order chi connectivity index (χ0) is 21.3. The average Bonchev–Trinajstić information content (AvgIpc) is 3.26. The number of carbonyl (C=O) groups is 1. The van der Waals surface area contributed by atoms with Gasteiger partial charge < -0.3 is 19.9 Å². The van der Waals surface area contributed by atoms with Crippen LogP contribution in [0, 0.1) is 0 Å². The molecule has 1 amide bonds. The topological polar surface area (TPSA) is 115 Å². The number of H-pyrrole nitrogens is 1. The molecule has 9 nitrogen and oxygen atoms in total. The first-order valence-corrected chi connectivity index (χ1v) is 9.70. The van der Waals surface area contributed by atoms with Crippen molar-refractivity contribution in [2.75, 3.05) is 19.0 Å². The molecule has 0 aliphatic heterocycles. The minimum Gasteiger partial charge on any atom is -0.488 e. The number of ether oxygens (including phenoxy) is 2. The molecule has 10 heteroatoms. The van der Waals surface area contributed by atoms with Crippen LogP contribution in [0.2, 0.25) is 0 Å².